The average molecular weight is 253 g/mol. The van der Waals surface area contributed by atoms with Crippen LogP contribution in [0.25, 0.3) is 0 Å². The molecule has 0 aliphatic carbocycles. The fourth-order valence-corrected chi connectivity index (χ4v) is 2.11. The molecule has 0 saturated heterocycles. The van der Waals surface area contributed by atoms with Gasteiger partial charge >= 0.3 is 5.97 Å². The van der Waals surface area contributed by atoms with Crippen LogP contribution in [0.1, 0.15) is 38.6 Å². The number of hydrogen-bond donors (Lipinski definition) is 2. The lowest BCUT2D eigenvalue weighted by Gasteiger charge is -2.26. The van der Waals surface area contributed by atoms with Crippen LogP contribution in [0.4, 0.5) is 0 Å². The lowest BCUT2D eigenvalue weighted by Crippen LogP contribution is -2.40. The molecule has 0 aromatic carbocycles. The highest BCUT2D eigenvalue weighted by Crippen LogP contribution is 2.27. The van der Waals surface area contributed by atoms with Crippen LogP contribution in [-0.4, -0.2) is 27.4 Å². The first-order valence-corrected chi connectivity index (χ1v) is 6.52. The third-order valence-electron chi connectivity index (χ3n) is 3.62. The minimum Gasteiger partial charge on any atom is -0.481 e. The quantitative estimate of drug-likeness (QED) is 0.770. The van der Waals surface area contributed by atoms with Crippen molar-refractivity contribution in [1.82, 2.24) is 9.78 Å². The Morgan fingerprint density at radius 1 is 1.50 bits per heavy atom. The Morgan fingerprint density at radius 2 is 2.17 bits per heavy atom. The third kappa shape index (κ3) is 2.72. The highest BCUT2D eigenvalue weighted by Gasteiger charge is 2.36. The summed E-state index contributed by atoms with van der Waals surface area (Å²) in [6.07, 6.45) is 1.82. The zero-order valence-electron chi connectivity index (χ0n) is 11.4. The van der Waals surface area contributed by atoms with Gasteiger partial charge in [-0.1, -0.05) is 13.8 Å². The van der Waals surface area contributed by atoms with Crippen LogP contribution >= 0.6 is 0 Å². The van der Waals surface area contributed by atoms with Gasteiger partial charge in [0.15, 0.2) is 0 Å². The van der Waals surface area contributed by atoms with Gasteiger partial charge in [-0.15, -0.1) is 0 Å². The summed E-state index contributed by atoms with van der Waals surface area (Å²) < 4.78 is 1.88. The van der Waals surface area contributed by atoms with E-state index in [0.29, 0.717) is 12.8 Å². The lowest BCUT2D eigenvalue weighted by atomic mass is 9.80. The molecule has 0 saturated carbocycles. The van der Waals surface area contributed by atoms with Crippen LogP contribution in [0.5, 0.6) is 0 Å². The van der Waals surface area contributed by atoms with Crippen LogP contribution in [0.15, 0.2) is 6.07 Å². The smallest absolute Gasteiger partial charge is 0.311 e. The SMILES string of the molecule is CCc1cc(CC(CC)(CN)C(=O)O)n(CC)n1. The van der Waals surface area contributed by atoms with Gasteiger partial charge in [-0.25, -0.2) is 0 Å². The standard InChI is InChI=1S/C13H23N3O2/c1-4-10-7-11(16(6-3)15-10)8-13(5-2,9-14)12(17)18/h7H,4-6,8-9,14H2,1-3H3,(H,17,18). The normalized spacial score (nSPS) is 14.4. The predicted octanol–water partition coefficient (Wildman–Crippen LogP) is 1.45. The molecule has 0 bridgehead atoms. The summed E-state index contributed by atoms with van der Waals surface area (Å²) in [6, 6.07) is 1.99. The van der Waals surface area contributed by atoms with E-state index in [-0.39, 0.29) is 6.54 Å². The van der Waals surface area contributed by atoms with Crippen LogP contribution in [0, 0.1) is 5.41 Å². The fourth-order valence-electron chi connectivity index (χ4n) is 2.11. The van der Waals surface area contributed by atoms with Crippen molar-refractivity contribution in [3.8, 4) is 0 Å². The van der Waals surface area contributed by atoms with E-state index in [9.17, 15) is 9.90 Å². The summed E-state index contributed by atoms with van der Waals surface area (Å²) in [6.45, 7) is 6.81. The Morgan fingerprint density at radius 3 is 2.56 bits per heavy atom. The van der Waals surface area contributed by atoms with E-state index in [1.165, 1.54) is 0 Å². The molecule has 102 valence electrons. The molecule has 3 N–H and O–H groups in total. The molecule has 0 radical (unpaired) electrons. The van der Waals surface area contributed by atoms with Crippen molar-refractivity contribution in [2.24, 2.45) is 11.1 Å². The summed E-state index contributed by atoms with van der Waals surface area (Å²) in [5.41, 5.74) is 6.77. The molecule has 5 heteroatoms. The molecule has 0 spiro atoms. The second-order valence-electron chi connectivity index (χ2n) is 4.62. The number of aromatic nitrogens is 2. The summed E-state index contributed by atoms with van der Waals surface area (Å²) in [4.78, 5) is 11.5. The minimum absolute atomic E-state index is 0.148. The van der Waals surface area contributed by atoms with E-state index >= 15 is 0 Å². The maximum absolute atomic E-state index is 11.5. The van der Waals surface area contributed by atoms with E-state index in [0.717, 1.165) is 24.4 Å². The number of carbonyl (C=O) groups is 1. The molecule has 1 heterocycles. The molecule has 1 unspecified atom stereocenters. The summed E-state index contributed by atoms with van der Waals surface area (Å²) >= 11 is 0. The minimum atomic E-state index is -0.877. The van der Waals surface area contributed by atoms with E-state index in [4.69, 9.17) is 5.73 Å². The molecular formula is C13H23N3O2. The summed E-state index contributed by atoms with van der Waals surface area (Å²) in [5.74, 6) is -0.825. The van der Waals surface area contributed by atoms with Crippen molar-refractivity contribution in [2.45, 2.75) is 46.6 Å². The van der Waals surface area contributed by atoms with Gasteiger partial charge in [0.1, 0.15) is 0 Å². The molecule has 0 amide bonds. The number of carboxylic acid groups (broad SMARTS) is 1. The summed E-state index contributed by atoms with van der Waals surface area (Å²) in [7, 11) is 0. The van der Waals surface area contributed by atoms with Gasteiger partial charge in [-0.05, 0) is 25.8 Å². The highest BCUT2D eigenvalue weighted by atomic mass is 16.4. The number of hydrogen-bond acceptors (Lipinski definition) is 3. The number of nitrogens with zero attached hydrogens (tertiary/aromatic N) is 2. The first kappa shape index (κ1) is 14.7. The monoisotopic (exact) mass is 253 g/mol. The van der Waals surface area contributed by atoms with Crippen molar-refractivity contribution in [2.75, 3.05) is 6.54 Å². The van der Waals surface area contributed by atoms with Gasteiger partial charge in [0.2, 0.25) is 0 Å². The van der Waals surface area contributed by atoms with Crippen molar-refractivity contribution in [3.63, 3.8) is 0 Å². The summed E-state index contributed by atoms with van der Waals surface area (Å²) in [5, 5.41) is 13.8. The molecule has 5 nitrogen and oxygen atoms in total. The number of nitrogens with two attached hydrogens (primary N) is 1. The number of rotatable bonds is 7. The van der Waals surface area contributed by atoms with E-state index in [2.05, 4.69) is 5.10 Å². The second-order valence-corrected chi connectivity index (χ2v) is 4.62. The zero-order chi connectivity index (χ0) is 13.8. The molecule has 0 aliphatic rings. The number of carboxylic acids is 1. The highest BCUT2D eigenvalue weighted by molar-refractivity contribution is 5.75. The lowest BCUT2D eigenvalue weighted by molar-refractivity contribution is -0.148. The molecular weight excluding hydrogens is 230 g/mol. The van der Waals surface area contributed by atoms with Crippen LogP contribution < -0.4 is 5.73 Å². The zero-order valence-corrected chi connectivity index (χ0v) is 11.4. The predicted molar refractivity (Wildman–Crippen MR) is 70.4 cm³/mol. The number of aryl methyl sites for hydroxylation is 2. The van der Waals surface area contributed by atoms with Crippen molar-refractivity contribution < 1.29 is 9.90 Å². The van der Waals surface area contributed by atoms with Crippen molar-refractivity contribution >= 4 is 5.97 Å². The van der Waals surface area contributed by atoms with Crippen molar-refractivity contribution in [1.29, 1.82) is 0 Å². The second kappa shape index (κ2) is 6.00. The maximum atomic E-state index is 11.5. The molecule has 1 atom stereocenters. The first-order chi connectivity index (χ1) is 8.52. The first-order valence-electron chi connectivity index (χ1n) is 6.52. The van der Waals surface area contributed by atoms with Crippen LogP contribution in [0.3, 0.4) is 0 Å². The third-order valence-corrected chi connectivity index (χ3v) is 3.62. The van der Waals surface area contributed by atoms with Crippen LogP contribution in [-0.2, 0) is 24.2 Å². The maximum Gasteiger partial charge on any atom is 0.311 e. The van der Waals surface area contributed by atoms with Gasteiger partial charge in [-0.2, -0.15) is 5.10 Å². The van der Waals surface area contributed by atoms with E-state index < -0.39 is 11.4 Å². The molecule has 0 aliphatic heterocycles. The van der Waals surface area contributed by atoms with Gasteiger partial charge in [0.05, 0.1) is 11.1 Å². The number of aliphatic carboxylic acids is 1. The Labute approximate surface area is 108 Å². The van der Waals surface area contributed by atoms with Gasteiger partial charge in [0.25, 0.3) is 0 Å². The van der Waals surface area contributed by atoms with Gasteiger partial charge in [0, 0.05) is 25.2 Å². The van der Waals surface area contributed by atoms with Crippen LogP contribution in [0.2, 0.25) is 0 Å². The Hall–Kier alpha value is -1.36. The Bertz CT molecular complexity index is 408. The molecule has 0 fully saturated rings. The fraction of sp³-hybridized carbons (Fsp3) is 0.692. The largest absolute Gasteiger partial charge is 0.481 e. The molecule has 1 aromatic rings. The van der Waals surface area contributed by atoms with E-state index in [1.807, 2.05) is 31.5 Å². The topological polar surface area (TPSA) is 81.1 Å². The van der Waals surface area contributed by atoms with Crippen molar-refractivity contribution in [3.05, 3.63) is 17.5 Å². The average Bonchev–Trinajstić information content (AvgIpc) is 2.77. The molecule has 1 aromatic heterocycles. The molecule has 1 rings (SSSR count). The molecule has 18 heavy (non-hydrogen) atoms. The van der Waals surface area contributed by atoms with E-state index in [1.54, 1.807) is 0 Å². The van der Waals surface area contributed by atoms with Gasteiger partial charge < -0.3 is 10.8 Å². The Kier molecular flexibility index (Phi) is 4.90. The van der Waals surface area contributed by atoms with Gasteiger partial charge in [-0.3, -0.25) is 9.48 Å². The Balaban J connectivity index is 3.07.